The Kier molecular flexibility index (Phi) is 6.52. The molecular weight excluding hydrogens is 328 g/mol. The highest BCUT2D eigenvalue weighted by Gasteiger charge is 2.30. The summed E-state index contributed by atoms with van der Waals surface area (Å²) >= 11 is 3.62. The van der Waals surface area contributed by atoms with Gasteiger partial charge in [0.05, 0.1) is 6.61 Å². The van der Waals surface area contributed by atoms with Crippen LogP contribution in [-0.4, -0.2) is 32.8 Å². The highest BCUT2D eigenvalue weighted by Crippen LogP contribution is 2.36. The zero-order valence-corrected chi connectivity index (χ0v) is 14.9. The lowest BCUT2D eigenvalue weighted by molar-refractivity contribution is 0.205. The number of methoxy groups -OCH3 is 1. The van der Waals surface area contributed by atoms with Crippen LogP contribution in [0.15, 0.2) is 22.7 Å². The topological polar surface area (TPSA) is 24.5 Å². The maximum Gasteiger partial charge on any atom is 0.0637 e. The molecule has 21 heavy (non-hydrogen) atoms. The lowest BCUT2D eigenvalue weighted by Crippen LogP contribution is -2.31. The van der Waals surface area contributed by atoms with Gasteiger partial charge >= 0.3 is 0 Å². The Labute approximate surface area is 137 Å². The van der Waals surface area contributed by atoms with Crippen LogP contribution in [0.2, 0.25) is 0 Å². The normalized spacial score (nSPS) is 16.0. The fourth-order valence-corrected chi connectivity index (χ4v) is 3.06. The first-order chi connectivity index (χ1) is 10.2. The van der Waals surface area contributed by atoms with E-state index < -0.39 is 0 Å². The third-order valence-corrected chi connectivity index (χ3v) is 4.48. The summed E-state index contributed by atoms with van der Waals surface area (Å²) in [4.78, 5) is 2.52. The summed E-state index contributed by atoms with van der Waals surface area (Å²) in [5.41, 5.74) is 2.73. The molecule has 0 bridgehead atoms. The lowest BCUT2D eigenvalue weighted by atomic mass is 10.0. The summed E-state index contributed by atoms with van der Waals surface area (Å²) < 4.78 is 6.44. The molecule has 118 valence electrons. The van der Waals surface area contributed by atoms with Crippen LogP contribution in [0.5, 0.6) is 0 Å². The van der Waals surface area contributed by atoms with E-state index in [0.717, 1.165) is 30.6 Å². The van der Waals surface area contributed by atoms with Gasteiger partial charge in [-0.25, -0.2) is 0 Å². The Morgan fingerprint density at radius 3 is 2.81 bits per heavy atom. The standard InChI is InChI=1S/C17H27BrN2O/c1-4-9-19-13(2)16-12-14(18)5-8-17(16)20(10-11-21-3)15-6-7-15/h5,8,12-13,15,19H,4,6-7,9-11H2,1-3H3. The van der Waals surface area contributed by atoms with Crippen molar-refractivity contribution in [3.63, 3.8) is 0 Å². The second-order valence-corrected chi connectivity index (χ2v) is 6.71. The van der Waals surface area contributed by atoms with E-state index in [9.17, 15) is 0 Å². The van der Waals surface area contributed by atoms with E-state index in [2.05, 4.69) is 58.2 Å². The van der Waals surface area contributed by atoms with Gasteiger partial charge in [-0.1, -0.05) is 22.9 Å². The molecular formula is C17H27BrN2O. The maximum atomic E-state index is 5.29. The minimum atomic E-state index is 0.362. The predicted molar refractivity (Wildman–Crippen MR) is 93.1 cm³/mol. The summed E-state index contributed by atoms with van der Waals surface area (Å²) in [5.74, 6) is 0. The van der Waals surface area contributed by atoms with E-state index in [0.29, 0.717) is 12.1 Å². The van der Waals surface area contributed by atoms with Crippen molar-refractivity contribution in [2.24, 2.45) is 0 Å². The zero-order chi connectivity index (χ0) is 15.2. The van der Waals surface area contributed by atoms with E-state index in [1.807, 2.05) is 0 Å². The summed E-state index contributed by atoms with van der Waals surface area (Å²) in [5, 5.41) is 3.61. The van der Waals surface area contributed by atoms with Crippen LogP contribution in [-0.2, 0) is 4.74 Å². The minimum absolute atomic E-state index is 0.362. The van der Waals surface area contributed by atoms with Crippen LogP contribution in [0.1, 0.15) is 44.7 Å². The van der Waals surface area contributed by atoms with Gasteiger partial charge in [0.15, 0.2) is 0 Å². The van der Waals surface area contributed by atoms with Gasteiger partial charge in [-0.3, -0.25) is 0 Å². The highest BCUT2D eigenvalue weighted by atomic mass is 79.9. The molecule has 1 unspecified atom stereocenters. The molecule has 1 aromatic carbocycles. The van der Waals surface area contributed by atoms with Crippen molar-refractivity contribution < 1.29 is 4.74 Å². The monoisotopic (exact) mass is 354 g/mol. The fourth-order valence-electron chi connectivity index (χ4n) is 2.68. The molecule has 1 aromatic rings. The van der Waals surface area contributed by atoms with Crippen molar-refractivity contribution in [2.45, 2.75) is 45.2 Å². The molecule has 1 aliphatic rings. The van der Waals surface area contributed by atoms with Gasteiger partial charge in [-0.15, -0.1) is 0 Å². The number of anilines is 1. The quantitative estimate of drug-likeness (QED) is 0.721. The van der Waals surface area contributed by atoms with E-state index >= 15 is 0 Å². The van der Waals surface area contributed by atoms with Gasteiger partial charge in [0.1, 0.15) is 0 Å². The van der Waals surface area contributed by atoms with Crippen LogP contribution in [0.4, 0.5) is 5.69 Å². The van der Waals surface area contributed by atoms with E-state index in [4.69, 9.17) is 4.74 Å². The van der Waals surface area contributed by atoms with Crippen molar-refractivity contribution in [1.29, 1.82) is 0 Å². The van der Waals surface area contributed by atoms with Crippen molar-refractivity contribution in [3.05, 3.63) is 28.2 Å². The fraction of sp³-hybridized carbons (Fsp3) is 0.647. The molecule has 0 amide bonds. The van der Waals surface area contributed by atoms with Gasteiger partial charge in [-0.05, 0) is 56.5 Å². The first-order valence-electron chi connectivity index (χ1n) is 7.95. The molecule has 2 rings (SSSR count). The molecule has 0 radical (unpaired) electrons. The Morgan fingerprint density at radius 1 is 1.43 bits per heavy atom. The summed E-state index contributed by atoms with van der Waals surface area (Å²) in [7, 11) is 1.78. The molecule has 4 heteroatoms. The van der Waals surface area contributed by atoms with E-state index in [-0.39, 0.29) is 0 Å². The lowest BCUT2D eigenvalue weighted by Gasteiger charge is -2.29. The van der Waals surface area contributed by atoms with Crippen LogP contribution < -0.4 is 10.2 Å². The number of hydrogen-bond donors (Lipinski definition) is 1. The molecule has 1 N–H and O–H groups in total. The number of halogens is 1. The van der Waals surface area contributed by atoms with Gasteiger partial charge in [0, 0.05) is 35.9 Å². The zero-order valence-electron chi connectivity index (χ0n) is 13.4. The predicted octanol–water partition coefficient (Wildman–Crippen LogP) is 4.12. The molecule has 1 atom stereocenters. The van der Waals surface area contributed by atoms with Gasteiger partial charge < -0.3 is 15.0 Å². The van der Waals surface area contributed by atoms with Crippen LogP contribution in [0.3, 0.4) is 0 Å². The Morgan fingerprint density at radius 2 is 2.19 bits per heavy atom. The van der Waals surface area contributed by atoms with Crippen LogP contribution >= 0.6 is 15.9 Å². The van der Waals surface area contributed by atoms with Crippen molar-refractivity contribution in [2.75, 3.05) is 31.7 Å². The van der Waals surface area contributed by atoms with Crippen molar-refractivity contribution in [1.82, 2.24) is 5.32 Å². The van der Waals surface area contributed by atoms with Crippen LogP contribution in [0, 0.1) is 0 Å². The minimum Gasteiger partial charge on any atom is -0.383 e. The highest BCUT2D eigenvalue weighted by molar-refractivity contribution is 9.10. The van der Waals surface area contributed by atoms with Gasteiger partial charge in [0.25, 0.3) is 0 Å². The first kappa shape index (κ1) is 16.8. The number of nitrogens with one attached hydrogen (secondary N) is 1. The number of hydrogen-bond acceptors (Lipinski definition) is 3. The van der Waals surface area contributed by atoms with Crippen molar-refractivity contribution in [3.8, 4) is 0 Å². The molecule has 0 saturated heterocycles. The molecule has 0 aromatic heterocycles. The second kappa shape index (κ2) is 8.16. The Bertz CT molecular complexity index is 448. The first-order valence-corrected chi connectivity index (χ1v) is 8.75. The number of benzene rings is 1. The third-order valence-electron chi connectivity index (χ3n) is 3.99. The van der Waals surface area contributed by atoms with Crippen LogP contribution in [0.25, 0.3) is 0 Å². The maximum absolute atomic E-state index is 5.29. The largest absolute Gasteiger partial charge is 0.383 e. The summed E-state index contributed by atoms with van der Waals surface area (Å²) in [6.07, 6.45) is 3.76. The smallest absolute Gasteiger partial charge is 0.0637 e. The van der Waals surface area contributed by atoms with Crippen molar-refractivity contribution >= 4 is 21.6 Å². The van der Waals surface area contributed by atoms with Gasteiger partial charge in [0.2, 0.25) is 0 Å². The average molecular weight is 355 g/mol. The van der Waals surface area contributed by atoms with E-state index in [1.165, 1.54) is 24.1 Å². The molecule has 0 aliphatic heterocycles. The molecule has 1 saturated carbocycles. The van der Waals surface area contributed by atoms with E-state index in [1.54, 1.807) is 7.11 Å². The average Bonchev–Trinajstić information content (AvgIpc) is 3.31. The van der Waals surface area contributed by atoms with Gasteiger partial charge in [-0.2, -0.15) is 0 Å². The Hall–Kier alpha value is -0.580. The summed E-state index contributed by atoms with van der Waals surface area (Å²) in [6, 6.07) is 7.70. The third kappa shape index (κ3) is 4.70. The molecule has 1 aliphatic carbocycles. The molecule has 3 nitrogen and oxygen atoms in total. The number of rotatable bonds is 9. The molecule has 0 spiro atoms. The Balaban J connectivity index is 2.23. The number of nitrogens with zero attached hydrogens (tertiary/aromatic N) is 1. The molecule has 0 heterocycles. The summed E-state index contributed by atoms with van der Waals surface area (Å²) in [6.45, 7) is 7.26. The SMILES string of the molecule is CCCNC(C)c1cc(Br)ccc1N(CCOC)C1CC1. The number of ether oxygens (including phenoxy) is 1. The second-order valence-electron chi connectivity index (χ2n) is 5.80. The molecule has 1 fully saturated rings.